The van der Waals surface area contributed by atoms with E-state index in [1.54, 1.807) is 11.1 Å². The van der Waals surface area contributed by atoms with Crippen LogP contribution in [0.4, 0.5) is 0 Å². The van der Waals surface area contributed by atoms with Gasteiger partial charge >= 0.3 is 0 Å². The van der Waals surface area contributed by atoms with E-state index in [2.05, 4.69) is 42.2 Å². The van der Waals surface area contributed by atoms with Crippen LogP contribution < -0.4 is 0 Å². The molecule has 2 aromatic rings. The van der Waals surface area contributed by atoms with Crippen molar-refractivity contribution in [2.75, 3.05) is 13.1 Å². The van der Waals surface area contributed by atoms with Crippen LogP contribution in [-0.2, 0) is 19.3 Å². The van der Waals surface area contributed by atoms with Crippen LogP contribution in [-0.4, -0.2) is 18.0 Å². The molecule has 1 saturated heterocycles. The molecule has 0 N–H and O–H groups in total. The summed E-state index contributed by atoms with van der Waals surface area (Å²) in [5, 5.41) is 0.892. The highest BCUT2D eigenvalue weighted by Crippen LogP contribution is 2.38. The van der Waals surface area contributed by atoms with Crippen LogP contribution in [0.5, 0.6) is 0 Å². The molecule has 0 spiro atoms. The lowest BCUT2D eigenvalue weighted by atomic mass is 9.95. The molecule has 4 rings (SSSR count). The first kappa shape index (κ1) is 17.1. The third-order valence-electron chi connectivity index (χ3n) is 6.15. The molecule has 1 fully saturated rings. The second kappa shape index (κ2) is 7.51. The Balaban J connectivity index is 1.43. The standard InChI is InChI=1S/C23H28ClN/c1-17-12-14-25(15-13-17)23-11-9-20-16-18(7-10-21(20)23)6-8-19-4-2-3-5-22(19)24/h2-5,7,10,16-17,23H,6,8-9,11-15H2,1H3. The van der Waals surface area contributed by atoms with Gasteiger partial charge in [-0.15, -0.1) is 0 Å². The SMILES string of the molecule is CC1CCN(C2CCc3cc(CCc4ccccc4Cl)ccc32)CC1. The summed E-state index contributed by atoms with van der Waals surface area (Å²) in [6, 6.07) is 16.1. The first-order valence-electron chi connectivity index (χ1n) is 9.80. The number of hydrogen-bond acceptors (Lipinski definition) is 1. The third kappa shape index (κ3) is 3.78. The Morgan fingerprint density at radius 3 is 2.60 bits per heavy atom. The summed E-state index contributed by atoms with van der Waals surface area (Å²) in [6.07, 6.45) is 7.36. The lowest BCUT2D eigenvalue weighted by molar-refractivity contribution is 0.137. The first-order chi connectivity index (χ1) is 12.2. The van der Waals surface area contributed by atoms with Gasteiger partial charge in [0.15, 0.2) is 0 Å². The van der Waals surface area contributed by atoms with E-state index in [4.69, 9.17) is 11.6 Å². The molecule has 0 radical (unpaired) electrons. The van der Waals surface area contributed by atoms with Gasteiger partial charge in [-0.05, 0) is 85.9 Å². The van der Waals surface area contributed by atoms with E-state index in [1.165, 1.54) is 49.9 Å². The van der Waals surface area contributed by atoms with Crippen LogP contribution in [0.2, 0.25) is 5.02 Å². The monoisotopic (exact) mass is 353 g/mol. The Hall–Kier alpha value is -1.31. The Bertz CT molecular complexity index is 731. The number of likely N-dealkylation sites (tertiary alicyclic amines) is 1. The van der Waals surface area contributed by atoms with Crippen molar-refractivity contribution in [3.8, 4) is 0 Å². The van der Waals surface area contributed by atoms with Crippen molar-refractivity contribution in [2.45, 2.75) is 51.5 Å². The molecule has 0 saturated carbocycles. The van der Waals surface area contributed by atoms with E-state index in [0.29, 0.717) is 6.04 Å². The van der Waals surface area contributed by atoms with Crippen LogP contribution in [0.1, 0.15) is 54.5 Å². The van der Waals surface area contributed by atoms with Gasteiger partial charge in [-0.1, -0.05) is 54.9 Å². The fraction of sp³-hybridized carbons (Fsp3) is 0.478. The van der Waals surface area contributed by atoms with E-state index in [9.17, 15) is 0 Å². The largest absolute Gasteiger partial charge is 0.296 e. The molecule has 1 atom stereocenters. The normalized spacial score (nSPS) is 21.4. The summed E-state index contributed by atoms with van der Waals surface area (Å²) in [6.45, 7) is 4.95. The second-order valence-corrected chi connectivity index (χ2v) is 8.30. The maximum atomic E-state index is 6.29. The zero-order chi connectivity index (χ0) is 17.2. The topological polar surface area (TPSA) is 3.24 Å². The summed E-state index contributed by atoms with van der Waals surface area (Å²) in [5.74, 6) is 0.907. The highest BCUT2D eigenvalue weighted by atomic mass is 35.5. The minimum Gasteiger partial charge on any atom is -0.296 e. The van der Waals surface area contributed by atoms with E-state index in [0.717, 1.165) is 23.8 Å². The fourth-order valence-corrected chi connectivity index (χ4v) is 4.73. The van der Waals surface area contributed by atoms with Crippen LogP contribution in [0.25, 0.3) is 0 Å². The van der Waals surface area contributed by atoms with Crippen LogP contribution in [0, 0.1) is 5.92 Å². The lowest BCUT2D eigenvalue weighted by Gasteiger charge is -2.35. The summed E-state index contributed by atoms with van der Waals surface area (Å²) >= 11 is 6.29. The fourth-order valence-electron chi connectivity index (χ4n) is 4.50. The molecule has 1 aliphatic carbocycles. The third-order valence-corrected chi connectivity index (χ3v) is 6.52. The van der Waals surface area contributed by atoms with Crippen molar-refractivity contribution in [3.63, 3.8) is 0 Å². The molecular formula is C23H28ClN. The van der Waals surface area contributed by atoms with E-state index < -0.39 is 0 Å². The number of halogens is 1. The van der Waals surface area contributed by atoms with E-state index in [-0.39, 0.29) is 0 Å². The molecule has 1 aliphatic heterocycles. The molecule has 0 amide bonds. The Morgan fingerprint density at radius 1 is 1.00 bits per heavy atom. The highest BCUT2D eigenvalue weighted by Gasteiger charge is 2.29. The van der Waals surface area contributed by atoms with Gasteiger partial charge in [-0.25, -0.2) is 0 Å². The molecule has 25 heavy (non-hydrogen) atoms. The van der Waals surface area contributed by atoms with Gasteiger partial charge in [0.05, 0.1) is 0 Å². The first-order valence-corrected chi connectivity index (χ1v) is 10.2. The number of rotatable bonds is 4. The number of aryl methyl sites for hydroxylation is 3. The van der Waals surface area contributed by atoms with Gasteiger partial charge in [-0.2, -0.15) is 0 Å². The maximum Gasteiger partial charge on any atom is 0.0438 e. The van der Waals surface area contributed by atoms with Gasteiger partial charge in [0.1, 0.15) is 0 Å². The Labute approximate surface area is 157 Å². The second-order valence-electron chi connectivity index (χ2n) is 7.90. The predicted octanol–water partition coefficient (Wildman–Crippen LogP) is 5.84. The Kier molecular flexibility index (Phi) is 5.15. The van der Waals surface area contributed by atoms with Crippen molar-refractivity contribution in [3.05, 3.63) is 69.7 Å². The van der Waals surface area contributed by atoms with Gasteiger partial charge < -0.3 is 0 Å². The van der Waals surface area contributed by atoms with Crippen molar-refractivity contribution < 1.29 is 0 Å². The smallest absolute Gasteiger partial charge is 0.0438 e. The average Bonchev–Trinajstić information content (AvgIpc) is 3.05. The lowest BCUT2D eigenvalue weighted by Crippen LogP contribution is -2.35. The minimum absolute atomic E-state index is 0.667. The Morgan fingerprint density at radius 2 is 1.80 bits per heavy atom. The van der Waals surface area contributed by atoms with Crippen molar-refractivity contribution >= 4 is 11.6 Å². The van der Waals surface area contributed by atoms with Gasteiger partial charge in [-0.3, -0.25) is 4.90 Å². The van der Waals surface area contributed by atoms with Crippen LogP contribution in [0.15, 0.2) is 42.5 Å². The molecule has 1 unspecified atom stereocenters. The molecule has 1 nitrogen and oxygen atoms in total. The van der Waals surface area contributed by atoms with Gasteiger partial charge in [0.25, 0.3) is 0 Å². The quantitative estimate of drug-likeness (QED) is 0.667. The molecule has 1 heterocycles. The van der Waals surface area contributed by atoms with Crippen LogP contribution >= 0.6 is 11.6 Å². The summed E-state index contributed by atoms with van der Waals surface area (Å²) in [4.78, 5) is 2.73. The van der Waals surface area contributed by atoms with E-state index in [1.807, 2.05) is 12.1 Å². The molecule has 2 aliphatic rings. The van der Waals surface area contributed by atoms with E-state index >= 15 is 0 Å². The van der Waals surface area contributed by atoms with Crippen molar-refractivity contribution in [1.29, 1.82) is 0 Å². The zero-order valence-electron chi connectivity index (χ0n) is 15.2. The molecule has 0 aromatic heterocycles. The number of piperidine rings is 1. The van der Waals surface area contributed by atoms with Crippen LogP contribution in [0.3, 0.4) is 0 Å². The number of nitrogens with zero attached hydrogens (tertiary/aromatic N) is 1. The number of hydrogen-bond donors (Lipinski definition) is 0. The van der Waals surface area contributed by atoms with Crippen molar-refractivity contribution in [2.24, 2.45) is 5.92 Å². The summed E-state index contributed by atoms with van der Waals surface area (Å²) in [7, 11) is 0. The average molecular weight is 354 g/mol. The number of fused-ring (bicyclic) bond motifs is 1. The van der Waals surface area contributed by atoms with Crippen molar-refractivity contribution in [1.82, 2.24) is 4.90 Å². The molecular weight excluding hydrogens is 326 g/mol. The number of benzene rings is 2. The summed E-state index contributed by atoms with van der Waals surface area (Å²) < 4.78 is 0. The molecule has 2 heteroatoms. The summed E-state index contributed by atoms with van der Waals surface area (Å²) in [5.41, 5.74) is 5.88. The molecule has 0 bridgehead atoms. The minimum atomic E-state index is 0.667. The maximum absolute atomic E-state index is 6.29. The molecule has 132 valence electrons. The predicted molar refractivity (Wildman–Crippen MR) is 106 cm³/mol. The molecule has 2 aromatic carbocycles. The zero-order valence-corrected chi connectivity index (χ0v) is 15.9. The van der Waals surface area contributed by atoms with Gasteiger partial charge in [0.2, 0.25) is 0 Å². The highest BCUT2D eigenvalue weighted by molar-refractivity contribution is 6.31. The van der Waals surface area contributed by atoms with Gasteiger partial charge in [0, 0.05) is 11.1 Å².